The molecule has 0 radical (unpaired) electrons. The molecule has 1 saturated heterocycles. The summed E-state index contributed by atoms with van der Waals surface area (Å²) in [6.45, 7) is 7.56. The third-order valence-corrected chi connectivity index (χ3v) is 5.17. The first-order valence-corrected chi connectivity index (χ1v) is 8.11. The highest BCUT2D eigenvalue weighted by Gasteiger charge is 2.30. The van der Waals surface area contributed by atoms with Crippen molar-refractivity contribution in [1.82, 2.24) is 10.6 Å². The molecule has 0 bridgehead atoms. The number of nitrogens with one attached hydrogen (secondary N) is 2. The van der Waals surface area contributed by atoms with Crippen molar-refractivity contribution < 1.29 is 4.79 Å². The fourth-order valence-corrected chi connectivity index (χ4v) is 3.55. The van der Waals surface area contributed by atoms with Crippen LogP contribution in [0.4, 0.5) is 0 Å². The quantitative estimate of drug-likeness (QED) is 0.838. The van der Waals surface area contributed by atoms with Crippen LogP contribution in [0, 0.1) is 17.3 Å². The summed E-state index contributed by atoms with van der Waals surface area (Å²) in [4.78, 5) is 12.2. The van der Waals surface area contributed by atoms with E-state index in [9.17, 15) is 4.79 Å². The maximum atomic E-state index is 12.2. The van der Waals surface area contributed by atoms with Gasteiger partial charge in [-0.25, -0.2) is 0 Å². The zero-order valence-electron chi connectivity index (χ0n) is 13.0. The Morgan fingerprint density at radius 2 is 2.00 bits per heavy atom. The van der Waals surface area contributed by atoms with Crippen molar-refractivity contribution in [3.05, 3.63) is 0 Å². The van der Waals surface area contributed by atoms with Crippen molar-refractivity contribution in [2.45, 2.75) is 58.8 Å². The molecule has 2 aliphatic rings. The zero-order chi connectivity index (χ0) is 13.7. The van der Waals surface area contributed by atoms with Crippen LogP contribution in [0.2, 0.25) is 0 Å². The topological polar surface area (TPSA) is 41.1 Å². The SMILES string of the molecule is CCC1CCC(C(=O)NCC2(C)CCCNC2)CC1.Cl. The van der Waals surface area contributed by atoms with Gasteiger partial charge in [-0.15, -0.1) is 12.4 Å². The van der Waals surface area contributed by atoms with E-state index in [1.165, 1.54) is 32.1 Å². The molecular formula is C16H31ClN2O. The summed E-state index contributed by atoms with van der Waals surface area (Å²) in [5.74, 6) is 1.45. The second kappa shape index (κ2) is 8.23. The summed E-state index contributed by atoms with van der Waals surface area (Å²) in [6, 6.07) is 0. The third kappa shape index (κ3) is 4.92. The zero-order valence-corrected chi connectivity index (χ0v) is 13.9. The monoisotopic (exact) mass is 302 g/mol. The molecule has 2 rings (SSSR count). The Morgan fingerprint density at radius 1 is 1.30 bits per heavy atom. The Bertz CT molecular complexity index is 295. The smallest absolute Gasteiger partial charge is 0.223 e. The number of piperidine rings is 1. The predicted molar refractivity (Wildman–Crippen MR) is 86.2 cm³/mol. The van der Waals surface area contributed by atoms with Gasteiger partial charge in [-0.05, 0) is 56.4 Å². The van der Waals surface area contributed by atoms with Crippen molar-refractivity contribution in [1.29, 1.82) is 0 Å². The van der Waals surface area contributed by atoms with Gasteiger partial charge >= 0.3 is 0 Å². The van der Waals surface area contributed by atoms with Gasteiger partial charge in [0.05, 0.1) is 0 Å². The number of hydrogen-bond donors (Lipinski definition) is 2. The van der Waals surface area contributed by atoms with E-state index < -0.39 is 0 Å². The lowest BCUT2D eigenvalue weighted by Crippen LogP contribution is -2.47. The summed E-state index contributed by atoms with van der Waals surface area (Å²) in [7, 11) is 0. The first kappa shape index (κ1) is 17.8. The molecule has 3 nitrogen and oxygen atoms in total. The lowest BCUT2D eigenvalue weighted by atomic mass is 9.79. The predicted octanol–water partition coefficient (Wildman–Crippen LogP) is 3.13. The van der Waals surface area contributed by atoms with E-state index in [4.69, 9.17) is 0 Å². The molecule has 20 heavy (non-hydrogen) atoms. The van der Waals surface area contributed by atoms with E-state index in [1.807, 2.05) is 0 Å². The van der Waals surface area contributed by atoms with Gasteiger partial charge in [0.2, 0.25) is 5.91 Å². The fourth-order valence-electron chi connectivity index (χ4n) is 3.55. The van der Waals surface area contributed by atoms with E-state index in [0.29, 0.717) is 5.91 Å². The van der Waals surface area contributed by atoms with Crippen molar-refractivity contribution in [3.63, 3.8) is 0 Å². The summed E-state index contributed by atoms with van der Waals surface area (Å²) >= 11 is 0. The van der Waals surface area contributed by atoms with E-state index in [-0.39, 0.29) is 23.7 Å². The minimum atomic E-state index is 0. The molecular weight excluding hydrogens is 272 g/mol. The highest BCUT2D eigenvalue weighted by atomic mass is 35.5. The van der Waals surface area contributed by atoms with Crippen LogP contribution in [0.1, 0.15) is 58.8 Å². The Labute approximate surface area is 130 Å². The molecule has 1 aliphatic carbocycles. The van der Waals surface area contributed by atoms with Crippen molar-refractivity contribution in [2.24, 2.45) is 17.3 Å². The van der Waals surface area contributed by atoms with Crippen LogP contribution >= 0.6 is 12.4 Å². The van der Waals surface area contributed by atoms with Gasteiger partial charge in [-0.1, -0.05) is 20.3 Å². The standard InChI is InChI=1S/C16H30N2O.ClH/c1-3-13-5-7-14(8-6-13)15(19)18-12-16(2)9-4-10-17-11-16;/h13-14,17H,3-12H2,1-2H3,(H,18,19);1H. The van der Waals surface area contributed by atoms with Crippen LogP contribution in [-0.2, 0) is 4.79 Å². The summed E-state index contributed by atoms with van der Waals surface area (Å²) in [5.41, 5.74) is 0.258. The second-order valence-electron chi connectivity index (χ2n) is 6.93. The average molecular weight is 303 g/mol. The number of carbonyl (C=O) groups is 1. The molecule has 0 aromatic rings. The number of carbonyl (C=O) groups excluding carboxylic acids is 1. The van der Waals surface area contributed by atoms with Crippen LogP contribution in [-0.4, -0.2) is 25.5 Å². The van der Waals surface area contributed by atoms with E-state index in [2.05, 4.69) is 24.5 Å². The van der Waals surface area contributed by atoms with Crippen LogP contribution in [0.15, 0.2) is 0 Å². The van der Waals surface area contributed by atoms with E-state index in [1.54, 1.807) is 0 Å². The van der Waals surface area contributed by atoms with Gasteiger partial charge in [-0.3, -0.25) is 4.79 Å². The second-order valence-corrected chi connectivity index (χ2v) is 6.93. The minimum Gasteiger partial charge on any atom is -0.355 e. The van der Waals surface area contributed by atoms with Crippen LogP contribution in [0.3, 0.4) is 0 Å². The largest absolute Gasteiger partial charge is 0.355 e. The van der Waals surface area contributed by atoms with Gasteiger partial charge in [-0.2, -0.15) is 0 Å². The van der Waals surface area contributed by atoms with Crippen molar-refractivity contribution in [2.75, 3.05) is 19.6 Å². The molecule has 1 saturated carbocycles. The molecule has 1 aliphatic heterocycles. The molecule has 0 spiro atoms. The van der Waals surface area contributed by atoms with E-state index in [0.717, 1.165) is 38.4 Å². The molecule has 1 unspecified atom stereocenters. The molecule has 4 heteroatoms. The number of halogens is 1. The molecule has 118 valence electrons. The molecule has 0 aromatic heterocycles. The number of rotatable bonds is 4. The first-order valence-electron chi connectivity index (χ1n) is 8.11. The number of hydrogen-bond acceptors (Lipinski definition) is 2. The highest BCUT2D eigenvalue weighted by Crippen LogP contribution is 2.31. The maximum Gasteiger partial charge on any atom is 0.223 e. The molecule has 2 fully saturated rings. The summed E-state index contributed by atoms with van der Waals surface area (Å²) in [6.07, 6.45) is 8.41. The van der Waals surface area contributed by atoms with Gasteiger partial charge in [0.25, 0.3) is 0 Å². The van der Waals surface area contributed by atoms with Gasteiger partial charge < -0.3 is 10.6 Å². The highest BCUT2D eigenvalue weighted by molar-refractivity contribution is 5.85. The molecule has 2 N–H and O–H groups in total. The van der Waals surface area contributed by atoms with Gasteiger partial charge in [0.1, 0.15) is 0 Å². The lowest BCUT2D eigenvalue weighted by molar-refractivity contribution is -0.126. The Balaban J connectivity index is 0.00000200. The Kier molecular flexibility index (Phi) is 7.32. The van der Waals surface area contributed by atoms with Crippen LogP contribution in [0.5, 0.6) is 0 Å². The maximum absolute atomic E-state index is 12.2. The van der Waals surface area contributed by atoms with Crippen molar-refractivity contribution >= 4 is 18.3 Å². The fraction of sp³-hybridized carbons (Fsp3) is 0.938. The van der Waals surface area contributed by atoms with E-state index >= 15 is 0 Å². The Morgan fingerprint density at radius 3 is 2.55 bits per heavy atom. The average Bonchev–Trinajstić information content (AvgIpc) is 2.46. The molecule has 1 atom stereocenters. The first-order chi connectivity index (χ1) is 9.13. The molecule has 1 amide bonds. The van der Waals surface area contributed by atoms with Gasteiger partial charge in [0, 0.05) is 19.0 Å². The normalized spacial score (nSPS) is 34.1. The lowest BCUT2D eigenvalue weighted by Gasteiger charge is -2.35. The van der Waals surface area contributed by atoms with Crippen LogP contribution < -0.4 is 10.6 Å². The number of amides is 1. The molecule has 0 aromatic carbocycles. The van der Waals surface area contributed by atoms with Crippen molar-refractivity contribution in [3.8, 4) is 0 Å². The Hall–Kier alpha value is -0.280. The summed E-state index contributed by atoms with van der Waals surface area (Å²) < 4.78 is 0. The van der Waals surface area contributed by atoms with Crippen LogP contribution in [0.25, 0.3) is 0 Å². The summed E-state index contributed by atoms with van der Waals surface area (Å²) in [5, 5.41) is 6.66. The van der Waals surface area contributed by atoms with Gasteiger partial charge in [0.15, 0.2) is 0 Å². The molecule has 1 heterocycles. The third-order valence-electron chi connectivity index (χ3n) is 5.17. The minimum absolute atomic E-state index is 0.